The molecule has 1 saturated heterocycles. The molecule has 14 heavy (non-hydrogen) atoms. The van der Waals surface area contributed by atoms with Gasteiger partial charge in [0.1, 0.15) is 0 Å². The van der Waals surface area contributed by atoms with E-state index in [0.717, 1.165) is 6.04 Å². The summed E-state index contributed by atoms with van der Waals surface area (Å²) in [5.41, 5.74) is 0.696. The third-order valence-corrected chi connectivity index (χ3v) is 4.00. The van der Waals surface area contributed by atoms with Crippen molar-refractivity contribution in [3.8, 4) is 0 Å². The summed E-state index contributed by atoms with van der Waals surface area (Å²) >= 11 is 0. The topological polar surface area (TPSA) is 15.3 Å². The standard InChI is InChI=1S/C10H20N2.C2H6/c1-11-9-3-4-10(9)5-7-12(2)8-6-10;1-2/h9,11H,3-8H2,1-2H3;1-2H3. The molecule has 1 aliphatic carbocycles. The van der Waals surface area contributed by atoms with Crippen LogP contribution in [0.25, 0.3) is 0 Å². The van der Waals surface area contributed by atoms with Crippen molar-refractivity contribution in [3.05, 3.63) is 0 Å². The van der Waals surface area contributed by atoms with Gasteiger partial charge in [0.05, 0.1) is 0 Å². The van der Waals surface area contributed by atoms with Crippen LogP contribution in [0.15, 0.2) is 0 Å². The van der Waals surface area contributed by atoms with Crippen molar-refractivity contribution >= 4 is 0 Å². The molecular formula is C12H26N2. The molecule has 1 spiro atoms. The molecule has 0 amide bonds. The van der Waals surface area contributed by atoms with E-state index in [0.29, 0.717) is 5.41 Å². The number of likely N-dealkylation sites (tertiary alicyclic amines) is 1. The molecule has 2 fully saturated rings. The minimum absolute atomic E-state index is 0.696. The van der Waals surface area contributed by atoms with Crippen LogP contribution in [0, 0.1) is 5.41 Å². The zero-order valence-electron chi connectivity index (χ0n) is 10.3. The second-order valence-corrected chi connectivity index (χ2v) is 4.55. The van der Waals surface area contributed by atoms with Gasteiger partial charge in [0, 0.05) is 6.04 Å². The summed E-state index contributed by atoms with van der Waals surface area (Å²) in [6.45, 7) is 6.61. The molecule has 2 rings (SSSR count). The van der Waals surface area contributed by atoms with Crippen LogP contribution in [-0.2, 0) is 0 Å². The van der Waals surface area contributed by atoms with E-state index >= 15 is 0 Å². The zero-order valence-corrected chi connectivity index (χ0v) is 10.3. The number of nitrogens with one attached hydrogen (secondary N) is 1. The largest absolute Gasteiger partial charge is 0.316 e. The van der Waals surface area contributed by atoms with Crippen LogP contribution in [0.2, 0.25) is 0 Å². The molecule has 0 aromatic heterocycles. The van der Waals surface area contributed by atoms with E-state index in [1.165, 1.54) is 38.8 Å². The molecule has 2 aliphatic rings. The average molecular weight is 198 g/mol. The third-order valence-electron chi connectivity index (χ3n) is 4.00. The average Bonchev–Trinajstić information content (AvgIpc) is 2.21. The van der Waals surface area contributed by atoms with Gasteiger partial charge in [-0.1, -0.05) is 13.8 Å². The minimum atomic E-state index is 0.696. The maximum Gasteiger partial charge on any atom is 0.0122 e. The van der Waals surface area contributed by atoms with E-state index in [2.05, 4.69) is 24.3 Å². The second kappa shape index (κ2) is 5.13. The van der Waals surface area contributed by atoms with Crippen LogP contribution in [0.1, 0.15) is 39.5 Å². The summed E-state index contributed by atoms with van der Waals surface area (Å²) in [6, 6.07) is 0.825. The fourth-order valence-corrected chi connectivity index (χ4v) is 2.81. The summed E-state index contributed by atoms with van der Waals surface area (Å²) in [7, 11) is 4.35. The Bertz CT molecular complexity index is 158. The van der Waals surface area contributed by atoms with Crippen molar-refractivity contribution in [2.75, 3.05) is 27.2 Å². The van der Waals surface area contributed by atoms with Gasteiger partial charge in [-0.15, -0.1) is 0 Å². The molecule has 0 aromatic carbocycles. The molecule has 1 atom stereocenters. The Balaban J connectivity index is 0.000000461. The first kappa shape index (κ1) is 12.0. The molecule has 1 aliphatic heterocycles. The molecule has 2 nitrogen and oxygen atoms in total. The lowest BCUT2D eigenvalue weighted by Gasteiger charge is -2.53. The molecule has 1 saturated carbocycles. The Kier molecular flexibility index (Phi) is 4.39. The Hall–Kier alpha value is -0.0800. The van der Waals surface area contributed by atoms with E-state index in [9.17, 15) is 0 Å². The molecule has 0 bridgehead atoms. The highest BCUT2D eigenvalue weighted by Gasteiger charge is 2.46. The molecule has 1 heterocycles. The van der Waals surface area contributed by atoms with Gasteiger partial charge in [-0.3, -0.25) is 0 Å². The fourth-order valence-electron chi connectivity index (χ4n) is 2.81. The number of hydrogen-bond acceptors (Lipinski definition) is 2. The van der Waals surface area contributed by atoms with Gasteiger partial charge in [0.15, 0.2) is 0 Å². The highest BCUT2D eigenvalue weighted by Crippen LogP contribution is 2.48. The first-order valence-corrected chi connectivity index (χ1v) is 6.13. The second-order valence-electron chi connectivity index (χ2n) is 4.55. The maximum absolute atomic E-state index is 3.46. The lowest BCUT2D eigenvalue weighted by molar-refractivity contribution is 0.00353. The molecule has 2 heteroatoms. The maximum atomic E-state index is 3.46. The molecule has 1 N–H and O–H groups in total. The van der Waals surface area contributed by atoms with Crippen LogP contribution in [0.4, 0.5) is 0 Å². The summed E-state index contributed by atoms with van der Waals surface area (Å²) in [5, 5.41) is 3.46. The van der Waals surface area contributed by atoms with Gasteiger partial charge in [0.2, 0.25) is 0 Å². The normalized spacial score (nSPS) is 30.4. The first-order chi connectivity index (χ1) is 6.77. The molecule has 0 radical (unpaired) electrons. The lowest BCUT2D eigenvalue weighted by Crippen LogP contribution is -2.56. The third kappa shape index (κ3) is 2.12. The van der Waals surface area contributed by atoms with Crippen molar-refractivity contribution in [3.63, 3.8) is 0 Å². The van der Waals surface area contributed by atoms with Gasteiger partial charge in [-0.05, 0) is 58.3 Å². The van der Waals surface area contributed by atoms with Crippen LogP contribution in [-0.4, -0.2) is 38.1 Å². The molecular weight excluding hydrogens is 172 g/mol. The first-order valence-electron chi connectivity index (χ1n) is 6.13. The van der Waals surface area contributed by atoms with Crippen LogP contribution >= 0.6 is 0 Å². The Morgan fingerprint density at radius 1 is 1.14 bits per heavy atom. The van der Waals surface area contributed by atoms with Gasteiger partial charge < -0.3 is 10.2 Å². The SMILES string of the molecule is CC.CNC1CCC12CCN(C)CC2. The molecule has 1 unspecified atom stereocenters. The number of piperidine rings is 1. The summed E-state index contributed by atoms with van der Waals surface area (Å²) < 4.78 is 0. The van der Waals surface area contributed by atoms with E-state index in [1.807, 2.05) is 13.8 Å². The van der Waals surface area contributed by atoms with Crippen molar-refractivity contribution in [2.24, 2.45) is 5.41 Å². The number of hydrogen-bond donors (Lipinski definition) is 1. The lowest BCUT2D eigenvalue weighted by atomic mass is 9.59. The molecule has 84 valence electrons. The predicted molar refractivity (Wildman–Crippen MR) is 62.6 cm³/mol. The number of nitrogens with zero attached hydrogens (tertiary/aromatic N) is 1. The predicted octanol–water partition coefficient (Wildman–Crippen LogP) is 2.11. The van der Waals surface area contributed by atoms with Crippen molar-refractivity contribution in [2.45, 2.75) is 45.6 Å². The van der Waals surface area contributed by atoms with Gasteiger partial charge in [-0.2, -0.15) is 0 Å². The zero-order chi connectivity index (χ0) is 10.6. The van der Waals surface area contributed by atoms with E-state index in [4.69, 9.17) is 0 Å². The summed E-state index contributed by atoms with van der Waals surface area (Å²) in [5.74, 6) is 0. The quantitative estimate of drug-likeness (QED) is 0.694. The van der Waals surface area contributed by atoms with Crippen molar-refractivity contribution < 1.29 is 0 Å². The van der Waals surface area contributed by atoms with E-state index in [-0.39, 0.29) is 0 Å². The Labute approximate surface area is 89.1 Å². The highest BCUT2D eigenvalue weighted by atomic mass is 15.1. The highest BCUT2D eigenvalue weighted by molar-refractivity contribution is 5.02. The minimum Gasteiger partial charge on any atom is -0.316 e. The fraction of sp³-hybridized carbons (Fsp3) is 1.00. The Morgan fingerprint density at radius 3 is 2.07 bits per heavy atom. The van der Waals surface area contributed by atoms with Gasteiger partial charge >= 0.3 is 0 Å². The van der Waals surface area contributed by atoms with Crippen molar-refractivity contribution in [1.29, 1.82) is 0 Å². The van der Waals surface area contributed by atoms with Gasteiger partial charge in [0.25, 0.3) is 0 Å². The summed E-state index contributed by atoms with van der Waals surface area (Å²) in [6.07, 6.45) is 5.69. The van der Waals surface area contributed by atoms with Crippen LogP contribution in [0.3, 0.4) is 0 Å². The smallest absolute Gasteiger partial charge is 0.0122 e. The van der Waals surface area contributed by atoms with Crippen LogP contribution < -0.4 is 5.32 Å². The van der Waals surface area contributed by atoms with Gasteiger partial charge in [-0.25, -0.2) is 0 Å². The molecule has 0 aromatic rings. The Morgan fingerprint density at radius 2 is 1.71 bits per heavy atom. The summed E-state index contributed by atoms with van der Waals surface area (Å²) in [4.78, 5) is 2.45. The number of rotatable bonds is 1. The van der Waals surface area contributed by atoms with E-state index in [1.54, 1.807) is 0 Å². The van der Waals surface area contributed by atoms with Crippen LogP contribution in [0.5, 0.6) is 0 Å². The monoisotopic (exact) mass is 198 g/mol. The van der Waals surface area contributed by atoms with Crippen molar-refractivity contribution in [1.82, 2.24) is 10.2 Å². The van der Waals surface area contributed by atoms with E-state index < -0.39 is 0 Å².